The maximum atomic E-state index is 12.8. The van der Waals surface area contributed by atoms with Gasteiger partial charge in [0.05, 0.1) is 11.4 Å². The van der Waals surface area contributed by atoms with Gasteiger partial charge in [0.15, 0.2) is 0 Å². The van der Waals surface area contributed by atoms with Crippen molar-refractivity contribution in [2.24, 2.45) is 5.92 Å². The van der Waals surface area contributed by atoms with E-state index < -0.39 is 0 Å². The lowest BCUT2D eigenvalue weighted by molar-refractivity contribution is -0.122. The van der Waals surface area contributed by atoms with Crippen molar-refractivity contribution in [1.82, 2.24) is 5.43 Å². The average molecular weight is 356 g/mol. The van der Waals surface area contributed by atoms with Crippen LogP contribution >= 0.6 is 0 Å². The molecule has 0 heterocycles. The van der Waals surface area contributed by atoms with E-state index in [0.717, 1.165) is 30.6 Å². The minimum Gasteiger partial charge on any atom is -0.273 e. The van der Waals surface area contributed by atoms with Gasteiger partial charge in [0.2, 0.25) is 5.91 Å². The zero-order chi connectivity index (χ0) is 18.5. The van der Waals surface area contributed by atoms with Crippen LogP contribution in [0.4, 0.5) is 11.4 Å². The zero-order valence-corrected chi connectivity index (χ0v) is 15.3. The standard InChI is InChI=1S/C24H24N2O/c27-24(18-19-15-16-20-9-7-8-10-21(20)17-19)25-26(22-11-3-1-4-12-22)23-13-5-2-6-14-23/h1-14,19H,15-18H2,(H,25,27). The van der Waals surface area contributed by atoms with Crippen molar-refractivity contribution < 1.29 is 4.79 Å². The lowest BCUT2D eigenvalue weighted by atomic mass is 9.82. The van der Waals surface area contributed by atoms with Crippen LogP contribution in [0.2, 0.25) is 0 Å². The molecule has 0 fully saturated rings. The number of rotatable bonds is 5. The highest BCUT2D eigenvalue weighted by Gasteiger charge is 2.22. The van der Waals surface area contributed by atoms with Crippen molar-refractivity contribution in [3.63, 3.8) is 0 Å². The number of hydrogen-bond acceptors (Lipinski definition) is 2. The lowest BCUT2D eigenvalue weighted by Gasteiger charge is -2.28. The third-order valence-corrected chi connectivity index (χ3v) is 5.19. The molecule has 1 amide bonds. The van der Waals surface area contributed by atoms with E-state index in [1.807, 2.05) is 65.7 Å². The second kappa shape index (κ2) is 8.09. The molecule has 1 aliphatic rings. The third-order valence-electron chi connectivity index (χ3n) is 5.19. The summed E-state index contributed by atoms with van der Waals surface area (Å²) in [5.74, 6) is 0.459. The van der Waals surface area contributed by atoms with Gasteiger partial charge in [-0.05, 0) is 60.6 Å². The fourth-order valence-corrected chi connectivity index (χ4v) is 3.81. The summed E-state index contributed by atoms with van der Waals surface area (Å²) in [7, 11) is 0. The second-order valence-corrected chi connectivity index (χ2v) is 7.12. The first-order valence-corrected chi connectivity index (χ1v) is 9.56. The maximum absolute atomic E-state index is 12.8. The average Bonchev–Trinajstić information content (AvgIpc) is 2.73. The molecule has 1 N–H and O–H groups in total. The molecule has 136 valence electrons. The largest absolute Gasteiger partial charge is 0.273 e. The monoisotopic (exact) mass is 356 g/mol. The van der Waals surface area contributed by atoms with E-state index in [1.54, 1.807) is 0 Å². The van der Waals surface area contributed by atoms with E-state index in [4.69, 9.17) is 0 Å². The summed E-state index contributed by atoms with van der Waals surface area (Å²) in [4.78, 5) is 12.8. The Kier molecular flexibility index (Phi) is 5.20. The van der Waals surface area contributed by atoms with Gasteiger partial charge < -0.3 is 0 Å². The molecule has 0 aliphatic heterocycles. The van der Waals surface area contributed by atoms with E-state index >= 15 is 0 Å². The van der Waals surface area contributed by atoms with E-state index in [0.29, 0.717) is 12.3 Å². The zero-order valence-electron chi connectivity index (χ0n) is 15.3. The number of hydrazine groups is 1. The van der Waals surface area contributed by atoms with Crippen LogP contribution in [-0.4, -0.2) is 5.91 Å². The summed E-state index contributed by atoms with van der Waals surface area (Å²) in [6.07, 6.45) is 3.67. The minimum atomic E-state index is 0.0621. The Hall–Kier alpha value is -3.07. The summed E-state index contributed by atoms with van der Waals surface area (Å²) >= 11 is 0. The van der Waals surface area contributed by atoms with Gasteiger partial charge in [-0.1, -0.05) is 60.7 Å². The molecule has 0 saturated heterocycles. The summed E-state index contributed by atoms with van der Waals surface area (Å²) in [5.41, 5.74) is 7.84. The molecule has 27 heavy (non-hydrogen) atoms. The van der Waals surface area contributed by atoms with Gasteiger partial charge in [-0.25, -0.2) is 0 Å². The Morgan fingerprint density at radius 1 is 0.815 bits per heavy atom. The van der Waals surface area contributed by atoms with Crippen LogP contribution in [0.1, 0.15) is 24.0 Å². The predicted octanol–water partition coefficient (Wildman–Crippen LogP) is 5.05. The van der Waals surface area contributed by atoms with Crippen LogP contribution in [0.3, 0.4) is 0 Å². The Morgan fingerprint density at radius 2 is 1.37 bits per heavy atom. The number of amides is 1. The van der Waals surface area contributed by atoms with Crippen LogP contribution in [-0.2, 0) is 17.6 Å². The Bertz CT molecular complexity index is 853. The first kappa shape index (κ1) is 17.3. The molecule has 3 nitrogen and oxygen atoms in total. The molecule has 1 atom stereocenters. The number of aryl methyl sites for hydroxylation is 1. The van der Waals surface area contributed by atoms with Gasteiger partial charge in [0, 0.05) is 6.42 Å². The van der Waals surface area contributed by atoms with E-state index in [9.17, 15) is 4.79 Å². The fourth-order valence-electron chi connectivity index (χ4n) is 3.81. The van der Waals surface area contributed by atoms with Gasteiger partial charge in [0.1, 0.15) is 0 Å². The SMILES string of the molecule is O=C(CC1CCc2ccccc2C1)NN(c1ccccc1)c1ccccc1. The predicted molar refractivity (Wildman–Crippen MR) is 110 cm³/mol. The normalized spacial score (nSPS) is 15.6. The molecule has 0 spiro atoms. The van der Waals surface area contributed by atoms with Crippen LogP contribution in [0, 0.1) is 5.92 Å². The van der Waals surface area contributed by atoms with Crippen LogP contribution in [0.25, 0.3) is 0 Å². The number of para-hydroxylation sites is 2. The molecular weight excluding hydrogens is 332 g/mol. The number of carbonyl (C=O) groups is 1. The smallest absolute Gasteiger partial charge is 0.239 e. The van der Waals surface area contributed by atoms with Crippen molar-refractivity contribution in [2.75, 3.05) is 5.01 Å². The van der Waals surface area contributed by atoms with Crippen LogP contribution < -0.4 is 10.4 Å². The summed E-state index contributed by atoms with van der Waals surface area (Å²) in [6, 6.07) is 28.5. The number of fused-ring (bicyclic) bond motifs is 1. The number of carbonyl (C=O) groups excluding carboxylic acids is 1. The van der Waals surface area contributed by atoms with E-state index in [1.165, 1.54) is 11.1 Å². The molecule has 0 bridgehead atoms. The Labute approximate surface area is 160 Å². The van der Waals surface area contributed by atoms with Gasteiger partial charge >= 0.3 is 0 Å². The first-order chi connectivity index (χ1) is 13.3. The van der Waals surface area contributed by atoms with Crippen molar-refractivity contribution in [1.29, 1.82) is 0 Å². The number of anilines is 2. The Balaban J connectivity index is 1.46. The second-order valence-electron chi connectivity index (χ2n) is 7.12. The van der Waals surface area contributed by atoms with Crippen molar-refractivity contribution in [3.8, 4) is 0 Å². The molecule has 1 aliphatic carbocycles. The van der Waals surface area contributed by atoms with Gasteiger partial charge in [-0.2, -0.15) is 0 Å². The molecule has 0 saturated carbocycles. The van der Waals surface area contributed by atoms with Gasteiger partial charge in [-0.15, -0.1) is 0 Å². The number of nitrogens with zero attached hydrogens (tertiary/aromatic N) is 1. The fraction of sp³-hybridized carbons (Fsp3) is 0.208. The molecular formula is C24H24N2O. The highest BCUT2D eigenvalue weighted by molar-refractivity contribution is 5.81. The third kappa shape index (κ3) is 4.20. The quantitative estimate of drug-likeness (QED) is 0.649. The molecule has 1 unspecified atom stereocenters. The van der Waals surface area contributed by atoms with Crippen LogP contribution in [0.5, 0.6) is 0 Å². The maximum Gasteiger partial charge on any atom is 0.239 e. The lowest BCUT2D eigenvalue weighted by Crippen LogP contribution is -2.40. The van der Waals surface area contributed by atoms with Crippen molar-refractivity contribution in [2.45, 2.75) is 25.7 Å². The van der Waals surface area contributed by atoms with E-state index in [-0.39, 0.29) is 5.91 Å². The minimum absolute atomic E-state index is 0.0621. The molecule has 3 aromatic rings. The Morgan fingerprint density at radius 3 is 2.00 bits per heavy atom. The first-order valence-electron chi connectivity index (χ1n) is 9.56. The molecule has 3 heteroatoms. The topological polar surface area (TPSA) is 32.3 Å². The summed E-state index contributed by atoms with van der Waals surface area (Å²) in [5, 5.41) is 1.87. The van der Waals surface area contributed by atoms with Gasteiger partial charge in [-0.3, -0.25) is 15.2 Å². The highest BCUT2D eigenvalue weighted by Crippen LogP contribution is 2.28. The van der Waals surface area contributed by atoms with Crippen molar-refractivity contribution >= 4 is 17.3 Å². The molecule has 0 radical (unpaired) electrons. The number of benzene rings is 3. The molecule has 0 aromatic heterocycles. The highest BCUT2D eigenvalue weighted by atomic mass is 16.2. The number of nitrogens with one attached hydrogen (secondary N) is 1. The van der Waals surface area contributed by atoms with Gasteiger partial charge in [0.25, 0.3) is 0 Å². The van der Waals surface area contributed by atoms with E-state index in [2.05, 4.69) is 29.7 Å². The summed E-state index contributed by atoms with van der Waals surface area (Å²) in [6.45, 7) is 0. The van der Waals surface area contributed by atoms with Crippen molar-refractivity contribution in [3.05, 3.63) is 96.1 Å². The number of hydrogen-bond donors (Lipinski definition) is 1. The van der Waals surface area contributed by atoms with Crippen LogP contribution in [0.15, 0.2) is 84.9 Å². The molecule has 3 aromatic carbocycles. The summed E-state index contributed by atoms with van der Waals surface area (Å²) < 4.78 is 0. The molecule has 4 rings (SSSR count).